The molecule has 0 aliphatic carbocycles. The molecule has 0 amide bonds. The van der Waals surface area contributed by atoms with Gasteiger partial charge in [-0.15, -0.1) is 11.3 Å². The number of aryl methyl sites for hydroxylation is 1. The number of nitrogens with zero attached hydrogens (tertiary/aromatic N) is 1. The molecule has 0 unspecified atom stereocenters. The van der Waals surface area contributed by atoms with Gasteiger partial charge in [0.15, 0.2) is 0 Å². The summed E-state index contributed by atoms with van der Waals surface area (Å²) in [7, 11) is 2.63. The second-order valence-corrected chi connectivity index (χ2v) is 6.29. The maximum Gasteiger partial charge on any atom is 0.443 e. The number of hydrogen-bond acceptors (Lipinski definition) is 6. The third-order valence-corrected chi connectivity index (χ3v) is 4.31. The van der Waals surface area contributed by atoms with Gasteiger partial charge in [-0.3, -0.25) is 0 Å². The van der Waals surface area contributed by atoms with Crippen molar-refractivity contribution in [2.75, 3.05) is 14.2 Å². The molecule has 0 fully saturated rings. The Labute approximate surface area is 152 Å². The average Bonchev–Trinajstić information content (AvgIpc) is 2.99. The first-order valence-electron chi connectivity index (χ1n) is 7.35. The highest BCUT2D eigenvalue weighted by Gasteiger charge is 2.36. The van der Waals surface area contributed by atoms with Gasteiger partial charge in [-0.25, -0.2) is 4.79 Å². The summed E-state index contributed by atoms with van der Waals surface area (Å²) in [5, 5.41) is -0.965. The third-order valence-electron chi connectivity index (χ3n) is 3.31. The van der Waals surface area contributed by atoms with E-state index in [2.05, 4.69) is 4.98 Å². The minimum absolute atomic E-state index is 0.0733. The lowest BCUT2D eigenvalue weighted by molar-refractivity contribution is -0.138. The zero-order valence-corrected chi connectivity index (χ0v) is 15.0. The fourth-order valence-corrected chi connectivity index (χ4v) is 2.87. The lowest BCUT2D eigenvalue weighted by Crippen LogP contribution is -2.09. The van der Waals surface area contributed by atoms with Gasteiger partial charge in [0.25, 0.3) is 0 Å². The summed E-state index contributed by atoms with van der Waals surface area (Å²) in [6.07, 6.45) is -3.28. The molecule has 0 aliphatic heterocycles. The van der Waals surface area contributed by atoms with E-state index in [-0.39, 0.29) is 18.1 Å². The molecule has 9 heteroatoms. The van der Waals surface area contributed by atoms with Crippen LogP contribution in [-0.2, 0) is 27.1 Å². The molecule has 5 nitrogen and oxygen atoms in total. The van der Waals surface area contributed by atoms with Crippen LogP contribution < -0.4 is 4.74 Å². The molecular formula is C17H16F3NO4S. The van der Waals surface area contributed by atoms with Gasteiger partial charge < -0.3 is 14.2 Å². The molecule has 140 valence electrons. The van der Waals surface area contributed by atoms with Crippen molar-refractivity contribution in [3.05, 3.63) is 51.5 Å². The lowest BCUT2D eigenvalue weighted by Gasteiger charge is -2.12. The van der Waals surface area contributed by atoms with Gasteiger partial charge in [-0.1, -0.05) is 24.3 Å². The average molecular weight is 387 g/mol. The monoisotopic (exact) mass is 387 g/mol. The summed E-state index contributed by atoms with van der Waals surface area (Å²) in [5.41, 5.74) is 1.23. The van der Waals surface area contributed by atoms with Gasteiger partial charge in [0, 0.05) is 0 Å². The Bertz CT molecular complexity index is 815. The van der Waals surface area contributed by atoms with Gasteiger partial charge in [-0.2, -0.15) is 18.2 Å². The lowest BCUT2D eigenvalue weighted by atomic mass is 10.0. The van der Waals surface area contributed by atoms with Crippen LogP contribution in [-0.4, -0.2) is 25.2 Å². The number of alkyl halides is 3. The zero-order chi connectivity index (χ0) is 19.3. The minimum atomic E-state index is -4.52. The van der Waals surface area contributed by atoms with Gasteiger partial charge in [0.1, 0.15) is 12.2 Å². The van der Waals surface area contributed by atoms with Crippen LogP contribution in [0.25, 0.3) is 5.57 Å². The second kappa shape index (κ2) is 8.22. The summed E-state index contributed by atoms with van der Waals surface area (Å²) >= 11 is 0.517. The van der Waals surface area contributed by atoms with Crippen molar-refractivity contribution in [1.82, 2.24) is 4.98 Å². The summed E-state index contributed by atoms with van der Waals surface area (Å²) in [4.78, 5) is 15.8. The number of carbonyl (C=O) groups excluding carboxylic acids is 1. The molecular weight excluding hydrogens is 371 g/mol. The number of ether oxygens (including phenoxy) is 3. The first kappa shape index (κ1) is 19.8. The second-order valence-electron chi connectivity index (χ2n) is 5.08. The fraction of sp³-hybridized carbons (Fsp3) is 0.294. The molecule has 2 rings (SSSR count). The van der Waals surface area contributed by atoms with Crippen molar-refractivity contribution in [3.8, 4) is 5.88 Å². The summed E-state index contributed by atoms with van der Waals surface area (Å²) < 4.78 is 53.4. The number of thiazole rings is 1. The quantitative estimate of drug-likeness (QED) is 0.422. The first-order valence-corrected chi connectivity index (χ1v) is 8.16. The normalized spacial score (nSPS) is 12.0. The van der Waals surface area contributed by atoms with Crippen LogP contribution in [0.2, 0.25) is 0 Å². The van der Waals surface area contributed by atoms with Gasteiger partial charge >= 0.3 is 12.1 Å². The molecule has 0 N–H and O–H groups in total. The largest absolute Gasteiger partial charge is 0.503 e. The van der Waals surface area contributed by atoms with Gasteiger partial charge in [-0.05, 0) is 18.1 Å². The predicted octanol–water partition coefficient (Wildman–Crippen LogP) is 4.21. The molecule has 26 heavy (non-hydrogen) atoms. The van der Waals surface area contributed by atoms with E-state index in [0.717, 1.165) is 0 Å². The van der Waals surface area contributed by atoms with E-state index in [1.807, 2.05) is 0 Å². The van der Waals surface area contributed by atoms with E-state index in [4.69, 9.17) is 14.2 Å². The van der Waals surface area contributed by atoms with E-state index in [0.29, 0.717) is 27.3 Å². The number of rotatable bonds is 6. The van der Waals surface area contributed by atoms with Crippen molar-refractivity contribution in [3.63, 3.8) is 0 Å². The number of carbonyl (C=O) groups is 1. The van der Waals surface area contributed by atoms with E-state index >= 15 is 0 Å². The third kappa shape index (κ3) is 4.54. The van der Waals surface area contributed by atoms with Crippen LogP contribution in [0, 0.1) is 6.92 Å². The topological polar surface area (TPSA) is 57.7 Å². The molecule has 1 heterocycles. The summed E-state index contributed by atoms with van der Waals surface area (Å²) in [5.74, 6) is -0.698. The Hall–Kier alpha value is -2.55. The standard InChI is InChI=1S/C17H16F3NO4S/c1-10-14(21-16(26-10)17(18,19)20)25-8-11-6-4-5-7-12(11)13(9-23-2)15(22)24-3/h4-7,9H,8H2,1-3H3. The molecule has 0 saturated carbocycles. The molecule has 0 aliphatic rings. The highest BCUT2D eigenvalue weighted by molar-refractivity contribution is 7.11. The molecule has 0 bridgehead atoms. The van der Waals surface area contributed by atoms with Crippen molar-refractivity contribution >= 4 is 22.9 Å². The van der Waals surface area contributed by atoms with Crippen LogP contribution in [0.3, 0.4) is 0 Å². The van der Waals surface area contributed by atoms with E-state index in [9.17, 15) is 18.0 Å². The molecule has 0 atom stereocenters. The number of esters is 1. The molecule has 1 aromatic heterocycles. The molecule has 0 spiro atoms. The summed E-state index contributed by atoms with van der Waals surface area (Å²) in [6.45, 7) is 1.43. The Morgan fingerprint density at radius 1 is 1.27 bits per heavy atom. The van der Waals surface area contributed by atoms with Crippen molar-refractivity contribution in [1.29, 1.82) is 0 Å². The molecule has 1 aromatic carbocycles. The Kier molecular flexibility index (Phi) is 6.25. The molecule has 0 radical (unpaired) electrons. The van der Waals surface area contributed by atoms with E-state index in [1.54, 1.807) is 24.3 Å². The number of halogens is 3. The van der Waals surface area contributed by atoms with Gasteiger partial charge in [0.05, 0.1) is 25.4 Å². The first-order chi connectivity index (χ1) is 12.3. The number of methoxy groups -OCH3 is 2. The van der Waals surface area contributed by atoms with Crippen molar-refractivity contribution in [2.45, 2.75) is 19.7 Å². The van der Waals surface area contributed by atoms with Crippen LogP contribution in [0.5, 0.6) is 5.88 Å². The van der Waals surface area contributed by atoms with Crippen molar-refractivity contribution in [2.24, 2.45) is 0 Å². The maximum atomic E-state index is 12.7. The zero-order valence-electron chi connectivity index (χ0n) is 14.2. The van der Waals surface area contributed by atoms with E-state index < -0.39 is 17.2 Å². The Morgan fingerprint density at radius 3 is 2.54 bits per heavy atom. The fourth-order valence-electron chi connectivity index (χ4n) is 2.14. The van der Waals surface area contributed by atoms with Gasteiger partial charge in [0.2, 0.25) is 10.9 Å². The SMILES string of the molecule is COC=C(C(=O)OC)c1ccccc1COc1nc(C(F)(F)F)sc1C. The Balaban J connectivity index is 2.28. The van der Waals surface area contributed by atoms with Crippen LogP contribution >= 0.6 is 11.3 Å². The predicted molar refractivity (Wildman–Crippen MR) is 89.6 cm³/mol. The van der Waals surface area contributed by atoms with Crippen LogP contribution in [0.15, 0.2) is 30.5 Å². The smallest absolute Gasteiger partial charge is 0.443 e. The van der Waals surface area contributed by atoms with Crippen LogP contribution in [0.1, 0.15) is 21.0 Å². The van der Waals surface area contributed by atoms with Crippen molar-refractivity contribution < 1.29 is 32.2 Å². The summed E-state index contributed by atoms with van der Waals surface area (Å²) in [6, 6.07) is 6.78. The highest BCUT2D eigenvalue weighted by Crippen LogP contribution is 2.36. The minimum Gasteiger partial charge on any atom is -0.503 e. The maximum absolute atomic E-state index is 12.7. The Morgan fingerprint density at radius 2 is 1.96 bits per heavy atom. The molecule has 2 aromatic rings. The number of hydrogen-bond donors (Lipinski definition) is 0. The number of benzene rings is 1. The highest BCUT2D eigenvalue weighted by atomic mass is 32.1. The number of aromatic nitrogens is 1. The van der Waals surface area contributed by atoms with Crippen LogP contribution in [0.4, 0.5) is 13.2 Å². The van der Waals surface area contributed by atoms with E-state index in [1.165, 1.54) is 27.4 Å². The molecule has 0 saturated heterocycles.